The summed E-state index contributed by atoms with van der Waals surface area (Å²) in [6.45, 7) is 3.81. The van der Waals surface area contributed by atoms with E-state index < -0.39 is 0 Å². The summed E-state index contributed by atoms with van der Waals surface area (Å²) in [7, 11) is 1.97. The largest absolute Gasteiger partial charge is 0.378 e. The van der Waals surface area contributed by atoms with Gasteiger partial charge in [-0.25, -0.2) is 9.97 Å². The van der Waals surface area contributed by atoms with Crippen molar-refractivity contribution in [1.82, 2.24) is 29.3 Å². The third-order valence-corrected chi connectivity index (χ3v) is 7.43. The molecule has 188 valence electrons. The summed E-state index contributed by atoms with van der Waals surface area (Å²) in [6, 6.07) is 12.5. The van der Waals surface area contributed by atoms with Gasteiger partial charge in [-0.3, -0.25) is 9.67 Å². The Morgan fingerprint density at radius 3 is 2.68 bits per heavy atom. The minimum atomic E-state index is 0.0776. The molecule has 0 saturated carbocycles. The number of pyridine rings is 3. The van der Waals surface area contributed by atoms with Gasteiger partial charge in [-0.1, -0.05) is 0 Å². The molecule has 7 rings (SSSR count). The van der Waals surface area contributed by atoms with Crippen molar-refractivity contribution in [3.05, 3.63) is 55.0 Å². The van der Waals surface area contributed by atoms with E-state index in [1.165, 1.54) is 6.42 Å². The van der Waals surface area contributed by atoms with Crippen LogP contribution in [0.15, 0.2) is 55.0 Å². The Bertz CT molecular complexity index is 1580. The van der Waals surface area contributed by atoms with E-state index in [1.54, 1.807) is 0 Å². The molecule has 0 radical (unpaired) electrons. The molecule has 0 N–H and O–H groups in total. The SMILES string of the molecule is Cn1nccc1-c1cc(N2CCOCC2)nc2c(-c3ccc4c(ccn4C4CCCCO4)n3)nccc12. The molecule has 2 saturated heterocycles. The molecule has 5 aromatic rings. The molecule has 1 unspecified atom stereocenters. The van der Waals surface area contributed by atoms with E-state index in [2.05, 4.69) is 45.0 Å². The lowest BCUT2D eigenvalue weighted by Gasteiger charge is -2.28. The van der Waals surface area contributed by atoms with Crippen LogP contribution in [0.25, 0.3) is 44.6 Å². The van der Waals surface area contributed by atoms with E-state index in [-0.39, 0.29) is 6.23 Å². The molecule has 9 nitrogen and oxygen atoms in total. The van der Waals surface area contributed by atoms with Gasteiger partial charge in [-0.15, -0.1) is 0 Å². The van der Waals surface area contributed by atoms with Crippen LogP contribution in [0.1, 0.15) is 25.5 Å². The fourth-order valence-electron chi connectivity index (χ4n) is 5.50. The van der Waals surface area contributed by atoms with Gasteiger partial charge in [0.05, 0.1) is 35.6 Å². The Morgan fingerprint density at radius 2 is 1.86 bits per heavy atom. The van der Waals surface area contributed by atoms with Crippen LogP contribution >= 0.6 is 0 Å². The summed E-state index contributed by atoms with van der Waals surface area (Å²) < 4.78 is 15.7. The number of hydrogen-bond donors (Lipinski definition) is 0. The third kappa shape index (κ3) is 3.95. The average molecular weight is 496 g/mol. The highest BCUT2D eigenvalue weighted by atomic mass is 16.5. The van der Waals surface area contributed by atoms with Crippen LogP contribution in [-0.2, 0) is 16.5 Å². The molecular weight excluding hydrogens is 466 g/mol. The number of anilines is 1. The lowest BCUT2D eigenvalue weighted by molar-refractivity contribution is -0.0291. The Morgan fingerprint density at radius 1 is 0.946 bits per heavy atom. The van der Waals surface area contributed by atoms with E-state index in [0.717, 1.165) is 82.9 Å². The first-order valence-electron chi connectivity index (χ1n) is 13.0. The molecule has 37 heavy (non-hydrogen) atoms. The van der Waals surface area contributed by atoms with Gasteiger partial charge >= 0.3 is 0 Å². The molecule has 2 fully saturated rings. The standard InChI is InChI=1S/C28H29N7O2/c1-33-23(8-11-30-33)20-18-25(34-13-16-36-17-14-34)32-27-19(20)7-10-29-28(27)22-5-6-24-21(31-22)9-12-35(24)26-4-2-3-15-37-26/h5-12,18,26H,2-4,13-17H2,1H3. The summed E-state index contributed by atoms with van der Waals surface area (Å²) in [4.78, 5) is 17.2. The number of aromatic nitrogens is 6. The summed E-state index contributed by atoms with van der Waals surface area (Å²) in [5, 5.41) is 5.45. The van der Waals surface area contributed by atoms with Gasteiger partial charge in [0.25, 0.3) is 0 Å². The predicted molar refractivity (Wildman–Crippen MR) is 142 cm³/mol. The monoisotopic (exact) mass is 495 g/mol. The molecular formula is C28H29N7O2. The fraction of sp³-hybridized carbons (Fsp3) is 0.357. The van der Waals surface area contributed by atoms with Gasteiger partial charge in [0.1, 0.15) is 23.3 Å². The van der Waals surface area contributed by atoms with Crippen molar-refractivity contribution in [2.75, 3.05) is 37.8 Å². The molecule has 0 bridgehead atoms. The van der Waals surface area contributed by atoms with Crippen LogP contribution in [0, 0.1) is 0 Å². The highest BCUT2D eigenvalue weighted by molar-refractivity contribution is 6.01. The number of ether oxygens (including phenoxy) is 2. The topological polar surface area (TPSA) is 83.1 Å². The summed E-state index contributed by atoms with van der Waals surface area (Å²) in [6.07, 6.45) is 9.19. The van der Waals surface area contributed by atoms with Crippen molar-refractivity contribution in [3.8, 4) is 22.6 Å². The third-order valence-electron chi connectivity index (χ3n) is 7.43. The number of hydrogen-bond acceptors (Lipinski definition) is 7. The highest BCUT2D eigenvalue weighted by Gasteiger charge is 2.21. The molecule has 1 atom stereocenters. The van der Waals surface area contributed by atoms with Crippen LogP contribution in [0.3, 0.4) is 0 Å². The van der Waals surface area contributed by atoms with Crippen molar-refractivity contribution >= 4 is 27.8 Å². The lowest BCUT2D eigenvalue weighted by atomic mass is 10.0. The van der Waals surface area contributed by atoms with Crippen LogP contribution in [0.5, 0.6) is 0 Å². The van der Waals surface area contributed by atoms with Crippen molar-refractivity contribution < 1.29 is 9.47 Å². The van der Waals surface area contributed by atoms with Crippen molar-refractivity contribution in [2.45, 2.75) is 25.5 Å². The van der Waals surface area contributed by atoms with Crippen LogP contribution in [-0.4, -0.2) is 62.2 Å². The molecule has 2 aliphatic rings. The first kappa shape index (κ1) is 22.4. The first-order chi connectivity index (χ1) is 18.3. The van der Waals surface area contributed by atoms with Gasteiger partial charge in [-0.05, 0) is 55.7 Å². The van der Waals surface area contributed by atoms with Gasteiger partial charge in [0.2, 0.25) is 0 Å². The van der Waals surface area contributed by atoms with E-state index in [4.69, 9.17) is 24.4 Å². The van der Waals surface area contributed by atoms with E-state index in [0.29, 0.717) is 13.2 Å². The molecule has 2 aliphatic heterocycles. The summed E-state index contributed by atoms with van der Waals surface area (Å²) in [5.41, 5.74) is 6.55. The molecule has 0 aliphatic carbocycles. The second-order valence-electron chi connectivity index (χ2n) is 9.67. The van der Waals surface area contributed by atoms with Gasteiger partial charge in [0.15, 0.2) is 0 Å². The van der Waals surface area contributed by atoms with Crippen LogP contribution in [0.2, 0.25) is 0 Å². The molecule has 0 amide bonds. The number of fused-ring (bicyclic) bond motifs is 2. The molecule has 7 heterocycles. The van der Waals surface area contributed by atoms with Crippen LogP contribution in [0.4, 0.5) is 5.82 Å². The molecule has 9 heteroatoms. The van der Waals surface area contributed by atoms with E-state index in [1.807, 2.05) is 36.3 Å². The second kappa shape index (κ2) is 9.24. The fourth-order valence-corrected chi connectivity index (χ4v) is 5.50. The Balaban J connectivity index is 1.38. The average Bonchev–Trinajstić information content (AvgIpc) is 3.58. The molecule has 5 aromatic heterocycles. The number of nitrogens with zero attached hydrogens (tertiary/aromatic N) is 7. The van der Waals surface area contributed by atoms with Crippen molar-refractivity contribution in [3.63, 3.8) is 0 Å². The van der Waals surface area contributed by atoms with E-state index >= 15 is 0 Å². The molecule has 0 spiro atoms. The molecule has 0 aromatic carbocycles. The summed E-state index contributed by atoms with van der Waals surface area (Å²) >= 11 is 0. The Kier molecular flexibility index (Phi) is 5.59. The maximum absolute atomic E-state index is 6.02. The zero-order valence-corrected chi connectivity index (χ0v) is 20.9. The minimum absolute atomic E-state index is 0.0776. The maximum Gasteiger partial charge on any atom is 0.133 e. The van der Waals surface area contributed by atoms with E-state index in [9.17, 15) is 0 Å². The lowest BCUT2D eigenvalue weighted by Crippen LogP contribution is -2.36. The van der Waals surface area contributed by atoms with Gasteiger partial charge in [-0.2, -0.15) is 5.10 Å². The number of aryl methyl sites for hydroxylation is 1. The zero-order valence-electron chi connectivity index (χ0n) is 20.9. The number of rotatable bonds is 4. The zero-order chi connectivity index (χ0) is 24.8. The predicted octanol–water partition coefficient (Wildman–Crippen LogP) is 4.58. The van der Waals surface area contributed by atoms with Crippen molar-refractivity contribution in [2.24, 2.45) is 7.05 Å². The first-order valence-corrected chi connectivity index (χ1v) is 13.0. The smallest absolute Gasteiger partial charge is 0.133 e. The Labute approximate surface area is 214 Å². The normalized spacial score (nSPS) is 18.6. The number of morpholine rings is 1. The highest BCUT2D eigenvalue weighted by Crippen LogP contribution is 2.36. The summed E-state index contributed by atoms with van der Waals surface area (Å²) in [5.74, 6) is 0.919. The Hall–Kier alpha value is -3.82. The van der Waals surface area contributed by atoms with Gasteiger partial charge < -0.3 is 18.9 Å². The van der Waals surface area contributed by atoms with Gasteiger partial charge in [0, 0.05) is 56.3 Å². The second-order valence-corrected chi connectivity index (χ2v) is 9.67. The minimum Gasteiger partial charge on any atom is -0.378 e. The quantitative estimate of drug-likeness (QED) is 0.361. The maximum atomic E-state index is 6.02. The van der Waals surface area contributed by atoms with Crippen LogP contribution < -0.4 is 4.90 Å². The van der Waals surface area contributed by atoms with Crippen molar-refractivity contribution in [1.29, 1.82) is 0 Å².